The van der Waals surface area contributed by atoms with Crippen LogP contribution in [0, 0.1) is 5.41 Å². The Kier molecular flexibility index (Phi) is 5.02. The molecule has 2 rings (SSSR count). The fourth-order valence-corrected chi connectivity index (χ4v) is 4.69. The van der Waals surface area contributed by atoms with Gasteiger partial charge in [0.15, 0.2) is 0 Å². The van der Waals surface area contributed by atoms with Gasteiger partial charge in [-0.25, -0.2) is 13.1 Å². The van der Waals surface area contributed by atoms with E-state index in [1.165, 1.54) is 0 Å². The third-order valence-corrected chi connectivity index (χ3v) is 6.24. The summed E-state index contributed by atoms with van der Waals surface area (Å²) >= 11 is 5.79. The first-order chi connectivity index (χ1) is 10.5. The summed E-state index contributed by atoms with van der Waals surface area (Å²) in [6.45, 7) is 1.53. The lowest BCUT2D eigenvalue weighted by Crippen LogP contribution is -2.44. The molecule has 130 valence electrons. The number of hydrogen-bond donors (Lipinski definition) is 2. The van der Waals surface area contributed by atoms with E-state index >= 15 is 0 Å². The van der Waals surface area contributed by atoms with Crippen molar-refractivity contribution in [3.63, 3.8) is 0 Å². The van der Waals surface area contributed by atoms with Crippen LogP contribution in [0.4, 0.5) is 13.2 Å². The average molecular weight is 372 g/mol. The van der Waals surface area contributed by atoms with Gasteiger partial charge in [-0.05, 0) is 31.0 Å². The Morgan fingerprint density at radius 3 is 2.65 bits per heavy atom. The minimum Gasteiger partial charge on any atom is -0.396 e. The highest BCUT2D eigenvalue weighted by atomic mass is 35.5. The summed E-state index contributed by atoms with van der Waals surface area (Å²) < 4.78 is 65.6. The summed E-state index contributed by atoms with van der Waals surface area (Å²) in [4.78, 5) is -0.610. The normalized spacial score (nSPS) is 25.7. The van der Waals surface area contributed by atoms with Crippen LogP contribution < -0.4 is 4.72 Å². The van der Waals surface area contributed by atoms with Crippen molar-refractivity contribution < 1.29 is 26.7 Å². The van der Waals surface area contributed by atoms with E-state index in [0.717, 1.165) is 18.6 Å². The molecular formula is C14H17ClF3NO3S. The van der Waals surface area contributed by atoms with Gasteiger partial charge < -0.3 is 5.11 Å². The second kappa shape index (κ2) is 6.23. The summed E-state index contributed by atoms with van der Waals surface area (Å²) in [6, 6.07) is 1.62. The van der Waals surface area contributed by atoms with E-state index in [-0.39, 0.29) is 11.6 Å². The number of halogens is 4. The highest BCUT2D eigenvalue weighted by Crippen LogP contribution is 2.39. The fourth-order valence-electron chi connectivity index (χ4n) is 2.76. The summed E-state index contributed by atoms with van der Waals surface area (Å²) in [5.41, 5.74) is -1.72. The molecule has 0 aromatic heterocycles. The third kappa shape index (κ3) is 3.81. The minimum absolute atomic E-state index is 0.212. The maximum Gasteiger partial charge on any atom is 0.416 e. The van der Waals surface area contributed by atoms with E-state index in [1.54, 1.807) is 6.92 Å². The molecule has 0 spiro atoms. The predicted octanol–water partition coefficient (Wildman–Crippen LogP) is 3.19. The number of aliphatic hydroxyl groups excluding tert-OH is 1. The molecule has 1 aliphatic carbocycles. The number of rotatable bonds is 4. The van der Waals surface area contributed by atoms with Gasteiger partial charge in [0.25, 0.3) is 0 Å². The van der Waals surface area contributed by atoms with Crippen molar-refractivity contribution in [3.8, 4) is 0 Å². The van der Waals surface area contributed by atoms with Crippen molar-refractivity contribution in [1.82, 2.24) is 4.72 Å². The van der Waals surface area contributed by atoms with E-state index in [2.05, 4.69) is 4.72 Å². The lowest BCUT2D eigenvalue weighted by atomic mass is 9.86. The molecular weight excluding hydrogens is 355 g/mol. The van der Waals surface area contributed by atoms with Gasteiger partial charge >= 0.3 is 6.18 Å². The van der Waals surface area contributed by atoms with Crippen molar-refractivity contribution in [1.29, 1.82) is 0 Å². The van der Waals surface area contributed by atoms with E-state index < -0.39 is 38.1 Å². The first-order valence-electron chi connectivity index (χ1n) is 6.99. The monoisotopic (exact) mass is 371 g/mol. The highest BCUT2D eigenvalue weighted by molar-refractivity contribution is 7.89. The summed E-state index contributed by atoms with van der Waals surface area (Å²) in [5, 5.41) is 9.18. The summed E-state index contributed by atoms with van der Waals surface area (Å²) in [6.07, 6.45) is -2.80. The molecule has 1 aromatic carbocycles. The molecule has 2 N–H and O–H groups in total. The average Bonchev–Trinajstić information content (AvgIpc) is 2.79. The number of alkyl halides is 3. The van der Waals surface area contributed by atoms with Crippen molar-refractivity contribution in [2.45, 2.75) is 43.3 Å². The van der Waals surface area contributed by atoms with Crippen LogP contribution in [-0.2, 0) is 16.2 Å². The molecule has 9 heteroatoms. The standard InChI is InChI=1S/C14H17ClF3NO3S/c1-13(8-20)6-2-3-12(13)19-23(21,22)11-7-9(14(16,17)18)4-5-10(11)15/h4-5,7,12,19-20H,2-3,6,8H2,1H3/t12-,13-/m1/s1. The Labute approximate surface area is 137 Å². The molecule has 0 aliphatic heterocycles. The van der Waals surface area contributed by atoms with Crippen LogP contribution in [0.25, 0.3) is 0 Å². The van der Waals surface area contributed by atoms with Gasteiger partial charge in [-0.2, -0.15) is 13.2 Å². The number of benzene rings is 1. The first kappa shape index (κ1) is 18.5. The Morgan fingerprint density at radius 2 is 2.09 bits per heavy atom. The molecule has 0 radical (unpaired) electrons. The second-order valence-corrected chi connectivity index (χ2v) is 8.11. The molecule has 1 fully saturated rings. The van der Waals surface area contributed by atoms with E-state index in [9.17, 15) is 26.7 Å². The highest BCUT2D eigenvalue weighted by Gasteiger charge is 2.41. The Morgan fingerprint density at radius 1 is 1.43 bits per heavy atom. The molecule has 1 aliphatic rings. The van der Waals surface area contributed by atoms with Crippen LogP contribution in [0.2, 0.25) is 5.02 Å². The number of hydrogen-bond acceptors (Lipinski definition) is 3. The molecule has 2 atom stereocenters. The van der Waals surface area contributed by atoms with Crippen LogP contribution in [0.1, 0.15) is 31.7 Å². The molecule has 0 saturated heterocycles. The van der Waals surface area contributed by atoms with Crippen molar-refractivity contribution >= 4 is 21.6 Å². The van der Waals surface area contributed by atoms with Crippen molar-refractivity contribution in [3.05, 3.63) is 28.8 Å². The molecule has 0 unspecified atom stereocenters. The molecule has 0 bridgehead atoms. The van der Waals surface area contributed by atoms with Crippen molar-refractivity contribution in [2.75, 3.05) is 6.61 Å². The van der Waals surface area contributed by atoms with Gasteiger partial charge in [-0.15, -0.1) is 0 Å². The van der Waals surface area contributed by atoms with Crippen LogP contribution in [0.5, 0.6) is 0 Å². The first-order valence-corrected chi connectivity index (χ1v) is 8.86. The SMILES string of the molecule is C[C@]1(CO)CCC[C@H]1NS(=O)(=O)c1cc(C(F)(F)F)ccc1Cl. The molecule has 1 saturated carbocycles. The summed E-state index contributed by atoms with van der Waals surface area (Å²) in [7, 11) is -4.23. The third-order valence-electron chi connectivity index (χ3n) is 4.29. The maximum absolute atomic E-state index is 12.8. The number of nitrogens with one attached hydrogen (secondary N) is 1. The van der Waals surface area contributed by atoms with E-state index in [4.69, 9.17) is 11.6 Å². The quantitative estimate of drug-likeness (QED) is 0.854. The fraction of sp³-hybridized carbons (Fsp3) is 0.571. The number of aliphatic hydroxyl groups is 1. The zero-order valence-corrected chi connectivity index (χ0v) is 13.9. The van der Waals surface area contributed by atoms with Gasteiger partial charge in [-0.1, -0.05) is 24.9 Å². The number of sulfonamides is 1. The molecule has 0 amide bonds. The van der Waals surface area contributed by atoms with Crippen LogP contribution in [0.15, 0.2) is 23.1 Å². The molecule has 23 heavy (non-hydrogen) atoms. The molecule has 1 aromatic rings. The summed E-state index contributed by atoms with van der Waals surface area (Å²) in [5.74, 6) is 0. The van der Waals surface area contributed by atoms with E-state index in [1.807, 2.05) is 0 Å². The minimum atomic E-state index is -4.66. The van der Waals surface area contributed by atoms with Crippen LogP contribution in [0.3, 0.4) is 0 Å². The molecule has 0 heterocycles. The van der Waals surface area contributed by atoms with Crippen molar-refractivity contribution in [2.24, 2.45) is 5.41 Å². The van der Waals surface area contributed by atoms with Gasteiger partial charge in [0.2, 0.25) is 10.0 Å². The zero-order chi connectivity index (χ0) is 17.5. The lowest BCUT2D eigenvalue weighted by Gasteiger charge is -2.30. The lowest BCUT2D eigenvalue weighted by molar-refractivity contribution is -0.137. The van der Waals surface area contributed by atoms with Gasteiger partial charge in [0.05, 0.1) is 10.6 Å². The Balaban J connectivity index is 2.37. The van der Waals surface area contributed by atoms with Crippen LogP contribution in [-0.4, -0.2) is 26.2 Å². The second-order valence-electron chi connectivity index (χ2n) is 6.02. The smallest absolute Gasteiger partial charge is 0.396 e. The largest absolute Gasteiger partial charge is 0.416 e. The van der Waals surface area contributed by atoms with Crippen LogP contribution >= 0.6 is 11.6 Å². The maximum atomic E-state index is 12.8. The Hall–Kier alpha value is -0.830. The topological polar surface area (TPSA) is 66.4 Å². The van der Waals surface area contributed by atoms with E-state index in [0.29, 0.717) is 18.9 Å². The Bertz CT molecular complexity index is 693. The predicted molar refractivity (Wildman–Crippen MR) is 79.6 cm³/mol. The van der Waals surface area contributed by atoms with Gasteiger partial charge in [-0.3, -0.25) is 0 Å². The van der Waals surface area contributed by atoms with Gasteiger partial charge in [0, 0.05) is 18.1 Å². The zero-order valence-electron chi connectivity index (χ0n) is 12.3. The van der Waals surface area contributed by atoms with Gasteiger partial charge in [0.1, 0.15) is 4.90 Å². The molecule has 4 nitrogen and oxygen atoms in total.